The van der Waals surface area contributed by atoms with E-state index >= 15 is 0 Å². The fourth-order valence-corrected chi connectivity index (χ4v) is 2.42. The fraction of sp³-hybridized carbons (Fsp3) is 0. The number of para-hydroxylation sites is 1. The molecule has 0 aliphatic rings. The maximum atomic E-state index is 4.52. The smallest absolute Gasteiger partial charge is 0.328 e. The van der Waals surface area contributed by atoms with Crippen LogP contribution < -0.4 is 21.4 Å². The van der Waals surface area contributed by atoms with Gasteiger partial charge in [0.15, 0.2) is 6.20 Å². The van der Waals surface area contributed by atoms with Crippen LogP contribution in [0.25, 0.3) is 27.3 Å². The Labute approximate surface area is 121 Å². The van der Waals surface area contributed by atoms with Crippen LogP contribution >= 0.6 is 0 Å². The van der Waals surface area contributed by atoms with Gasteiger partial charge in [-0.1, -0.05) is 36.4 Å². The van der Waals surface area contributed by atoms with Crippen LogP contribution in [0.3, 0.4) is 0 Å². The zero-order chi connectivity index (χ0) is 11.9. The molecule has 0 N–H and O–H groups in total. The van der Waals surface area contributed by atoms with Crippen molar-refractivity contribution < 1.29 is 21.4 Å². The topological polar surface area (TPSA) is 17.0 Å². The summed E-state index contributed by atoms with van der Waals surface area (Å²) in [6.45, 7) is 0. The summed E-state index contributed by atoms with van der Waals surface area (Å²) >= 11 is 0. The third-order valence-corrected chi connectivity index (χ3v) is 3.33. The number of aromatic nitrogens is 2. The van der Waals surface area contributed by atoms with Crippen LogP contribution in [0.2, 0.25) is 0 Å². The van der Waals surface area contributed by atoms with Crippen LogP contribution in [0.1, 0.15) is 0 Å². The van der Waals surface area contributed by atoms with E-state index in [0.717, 1.165) is 11.0 Å². The number of hydrogen-bond donors (Lipinski definition) is 0. The number of halogens is 1. The Balaban J connectivity index is 0.00000110. The zero-order valence-electron chi connectivity index (χ0n) is 10.1. The Hall–Kier alpha value is -2.00. The lowest BCUT2D eigenvalue weighted by atomic mass is 10.1. The second-order valence-corrected chi connectivity index (χ2v) is 4.45. The van der Waals surface area contributed by atoms with Gasteiger partial charge in [0.05, 0.1) is 5.39 Å². The van der Waals surface area contributed by atoms with Gasteiger partial charge in [0.1, 0.15) is 11.7 Å². The molecule has 0 radical (unpaired) electrons. The van der Waals surface area contributed by atoms with Crippen molar-refractivity contribution in [2.45, 2.75) is 0 Å². The quantitative estimate of drug-likeness (QED) is 0.256. The van der Waals surface area contributed by atoms with Gasteiger partial charge >= 0.3 is 5.65 Å². The molecule has 0 atom stereocenters. The summed E-state index contributed by atoms with van der Waals surface area (Å²) in [4.78, 5) is 4.52. The van der Waals surface area contributed by atoms with Gasteiger partial charge in [-0.2, -0.15) is 4.40 Å². The summed E-state index contributed by atoms with van der Waals surface area (Å²) in [5.41, 5.74) is 2.17. The highest BCUT2D eigenvalue weighted by Crippen LogP contribution is 2.15. The fourth-order valence-electron chi connectivity index (χ4n) is 2.42. The van der Waals surface area contributed by atoms with Gasteiger partial charge in [-0.15, -0.1) is 0 Å². The molecule has 0 aliphatic heterocycles. The highest BCUT2D eigenvalue weighted by atomic mass is 79.9. The molecule has 0 aliphatic carbocycles. The van der Waals surface area contributed by atoms with Gasteiger partial charge < -0.3 is 17.0 Å². The number of benzene rings is 2. The summed E-state index contributed by atoms with van der Waals surface area (Å²) in [5.74, 6) is 0. The molecule has 0 saturated heterocycles. The first-order chi connectivity index (χ1) is 8.92. The van der Waals surface area contributed by atoms with Gasteiger partial charge in [-0.25, -0.2) is 0 Å². The van der Waals surface area contributed by atoms with E-state index in [4.69, 9.17) is 0 Å². The van der Waals surface area contributed by atoms with Crippen molar-refractivity contribution in [1.29, 1.82) is 0 Å². The number of pyridine rings is 1. The molecule has 2 aromatic heterocycles. The minimum atomic E-state index is 0. The van der Waals surface area contributed by atoms with Crippen molar-refractivity contribution in [3.05, 3.63) is 67.0 Å². The molecule has 2 heterocycles. The Kier molecular flexibility index (Phi) is 2.91. The van der Waals surface area contributed by atoms with Crippen LogP contribution in [0, 0.1) is 0 Å². The highest BCUT2D eigenvalue weighted by Gasteiger charge is 2.09. The summed E-state index contributed by atoms with van der Waals surface area (Å²) in [6.07, 6.45) is 4.08. The molecule has 0 spiro atoms. The predicted octanol–water partition coefficient (Wildman–Crippen LogP) is 0.131. The standard InChI is InChI=1S/C16H11N2.BrH/c1-2-7-14-11-18-15-8-4-3-6-13(15)10-17-16(18)9-12(14)5-1;/h1-11H;1H/q+1;/p-1. The van der Waals surface area contributed by atoms with E-state index in [1.807, 2.05) is 12.3 Å². The number of fused-ring (bicyclic) bond motifs is 4. The molecular weight excluding hydrogens is 300 g/mol. The zero-order valence-corrected chi connectivity index (χ0v) is 11.7. The van der Waals surface area contributed by atoms with Crippen molar-refractivity contribution >= 4 is 27.3 Å². The summed E-state index contributed by atoms with van der Waals surface area (Å²) < 4.78 is 2.15. The van der Waals surface area contributed by atoms with E-state index in [1.165, 1.54) is 16.3 Å². The lowest BCUT2D eigenvalue weighted by molar-refractivity contribution is -0.482. The first-order valence-corrected chi connectivity index (χ1v) is 6.00. The Morgan fingerprint density at radius 3 is 2.32 bits per heavy atom. The number of nitrogens with zero attached hydrogens (tertiary/aromatic N) is 2. The largest absolute Gasteiger partial charge is 1.00 e. The molecule has 0 bridgehead atoms. The second kappa shape index (κ2) is 4.59. The number of rotatable bonds is 0. The molecule has 19 heavy (non-hydrogen) atoms. The Morgan fingerprint density at radius 2 is 1.47 bits per heavy atom. The second-order valence-electron chi connectivity index (χ2n) is 4.45. The van der Waals surface area contributed by atoms with Gasteiger partial charge in [-0.05, 0) is 22.5 Å². The predicted molar refractivity (Wildman–Crippen MR) is 72.4 cm³/mol. The minimum absolute atomic E-state index is 0. The SMILES string of the molecule is [Br-].c1ccc2c[n+]3c(cc2c1)ncc1ccccc13. The van der Waals surface area contributed by atoms with Gasteiger partial charge in [0.2, 0.25) is 0 Å². The Bertz CT molecular complexity index is 881. The van der Waals surface area contributed by atoms with Crippen molar-refractivity contribution in [3.8, 4) is 0 Å². The highest BCUT2D eigenvalue weighted by molar-refractivity contribution is 5.84. The van der Waals surface area contributed by atoms with Crippen molar-refractivity contribution in [3.63, 3.8) is 0 Å². The molecule has 4 rings (SSSR count). The molecule has 0 amide bonds. The van der Waals surface area contributed by atoms with Crippen LogP contribution in [-0.2, 0) is 0 Å². The molecule has 92 valence electrons. The minimum Gasteiger partial charge on any atom is -1.00 e. The van der Waals surface area contributed by atoms with Crippen LogP contribution in [0.4, 0.5) is 0 Å². The van der Waals surface area contributed by atoms with Gasteiger partial charge in [-0.3, -0.25) is 0 Å². The van der Waals surface area contributed by atoms with Crippen LogP contribution in [0.5, 0.6) is 0 Å². The molecule has 2 aromatic carbocycles. The van der Waals surface area contributed by atoms with Crippen molar-refractivity contribution in [2.75, 3.05) is 0 Å². The van der Waals surface area contributed by atoms with Crippen molar-refractivity contribution in [1.82, 2.24) is 4.98 Å². The van der Waals surface area contributed by atoms with Crippen molar-refractivity contribution in [2.24, 2.45) is 0 Å². The van der Waals surface area contributed by atoms with E-state index in [9.17, 15) is 0 Å². The first-order valence-electron chi connectivity index (χ1n) is 6.00. The van der Waals surface area contributed by atoms with E-state index < -0.39 is 0 Å². The molecule has 2 nitrogen and oxygen atoms in total. The molecule has 4 aromatic rings. The first kappa shape index (κ1) is 12.1. The van der Waals surface area contributed by atoms with E-state index in [-0.39, 0.29) is 17.0 Å². The summed E-state index contributed by atoms with van der Waals surface area (Å²) in [7, 11) is 0. The Morgan fingerprint density at radius 1 is 0.789 bits per heavy atom. The molecule has 3 heteroatoms. The van der Waals surface area contributed by atoms with Crippen LogP contribution in [-0.4, -0.2) is 4.98 Å². The molecular formula is C16H11BrN2. The maximum absolute atomic E-state index is 4.52. The lowest BCUT2D eigenvalue weighted by Crippen LogP contribution is -3.00. The average molecular weight is 311 g/mol. The van der Waals surface area contributed by atoms with Gasteiger partial charge in [0, 0.05) is 11.5 Å². The third kappa shape index (κ3) is 1.87. The molecule has 0 fully saturated rings. The molecule has 0 saturated carbocycles. The lowest BCUT2D eigenvalue weighted by Gasteiger charge is -2.00. The van der Waals surface area contributed by atoms with Gasteiger partial charge in [0.25, 0.3) is 0 Å². The van der Waals surface area contributed by atoms with Crippen LogP contribution in [0.15, 0.2) is 67.0 Å². The van der Waals surface area contributed by atoms with E-state index in [1.54, 1.807) is 0 Å². The monoisotopic (exact) mass is 310 g/mol. The third-order valence-electron chi connectivity index (χ3n) is 3.33. The van der Waals surface area contributed by atoms with E-state index in [0.29, 0.717) is 0 Å². The molecule has 0 unspecified atom stereocenters. The average Bonchev–Trinajstić information content (AvgIpc) is 2.45. The number of hydrogen-bond acceptors (Lipinski definition) is 1. The van der Waals surface area contributed by atoms with E-state index in [2.05, 4.69) is 64.1 Å². The summed E-state index contributed by atoms with van der Waals surface area (Å²) in [5, 5.41) is 3.61. The maximum Gasteiger partial charge on any atom is 0.328 e. The normalized spacial score (nSPS) is 10.7. The summed E-state index contributed by atoms with van der Waals surface area (Å²) in [6, 6.07) is 18.8.